The number of rotatable bonds is 4. The first-order valence-corrected chi connectivity index (χ1v) is 14.7. The summed E-state index contributed by atoms with van der Waals surface area (Å²) in [5, 5.41) is 20.8. The van der Waals surface area contributed by atoms with Gasteiger partial charge in [0.2, 0.25) is 0 Å². The van der Waals surface area contributed by atoms with Crippen molar-refractivity contribution in [2.45, 2.75) is 65.5 Å². The van der Waals surface area contributed by atoms with Crippen molar-refractivity contribution in [1.29, 1.82) is 0 Å². The molecule has 2 atom stereocenters. The van der Waals surface area contributed by atoms with E-state index in [0.717, 1.165) is 59.4 Å². The fourth-order valence-corrected chi connectivity index (χ4v) is 3.93. The molecule has 1 aliphatic carbocycles. The van der Waals surface area contributed by atoms with Crippen molar-refractivity contribution < 1.29 is 27.2 Å². The molecule has 0 radical (unpaired) electrons. The number of halogens is 2. The predicted octanol–water partition coefficient (Wildman–Crippen LogP) is 6.72. The van der Waals surface area contributed by atoms with Gasteiger partial charge in [0.15, 0.2) is 0 Å². The molecule has 2 aromatic carbocycles. The number of phenols is 2. The number of aryl methyl sites for hydroxylation is 2. The Bertz CT molecular complexity index is 872. The first kappa shape index (κ1) is 25.9. The van der Waals surface area contributed by atoms with Gasteiger partial charge in [-0.3, -0.25) is 9.98 Å². The Morgan fingerprint density at radius 2 is 1.16 bits per heavy atom. The van der Waals surface area contributed by atoms with Crippen LogP contribution in [-0.4, -0.2) is 33.7 Å². The second-order valence-corrected chi connectivity index (χ2v) is 10.4. The Morgan fingerprint density at radius 3 is 1.52 bits per heavy atom. The van der Waals surface area contributed by atoms with E-state index in [1.165, 1.54) is 0 Å². The summed E-state index contributed by atoms with van der Waals surface area (Å²) in [5.41, 5.74) is 5.00. The summed E-state index contributed by atoms with van der Waals surface area (Å²) in [5.74, 6) is 0.612. The van der Waals surface area contributed by atoms with Crippen LogP contribution in [0.15, 0.2) is 46.4 Å². The normalized spacial score (nSPS) is 19.4. The van der Waals surface area contributed by atoms with E-state index in [9.17, 15) is 10.2 Å². The van der Waals surface area contributed by atoms with Gasteiger partial charge in [-0.1, -0.05) is 37.1 Å². The molecule has 0 bridgehead atoms. The average Bonchev–Trinajstić information content (AvgIpc) is 2.74. The monoisotopic (exact) mass is 496 g/mol. The molecule has 1 aliphatic rings. The van der Waals surface area contributed by atoms with Crippen molar-refractivity contribution in [1.82, 2.24) is 0 Å². The minimum absolute atomic E-state index is 0.0931. The Kier molecular flexibility index (Phi) is 10.6. The van der Waals surface area contributed by atoms with Crippen LogP contribution in [-0.2, 0) is 17.0 Å². The second-order valence-electron chi connectivity index (χ2n) is 7.86. The molecule has 0 aromatic heterocycles. The summed E-state index contributed by atoms with van der Waals surface area (Å²) in [6, 6.07) is 11.7. The van der Waals surface area contributed by atoms with E-state index in [1.54, 1.807) is 0 Å². The summed E-state index contributed by atoms with van der Waals surface area (Å²) >= 11 is -0.556. The summed E-state index contributed by atoms with van der Waals surface area (Å²) in [6.07, 6.45) is 4.26. The van der Waals surface area contributed by atoms with Crippen molar-refractivity contribution >= 4 is 30.0 Å². The summed E-state index contributed by atoms with van der Waals surface area (Å²) in [6.45, 7) is 7.72. The van der Waals surface area contributed by atoms with Crippen LogP contribution < -0.4 is 0 Å². The second kappa shape index (κ2) is 12.6. The molecule has 2 N–H and O–H groups in total. The van der Waals surface area contributed by atoms with Gasteiger partial charge in [-0.2, -0.15) is 0 Å². The van der Waals surface area contributed by atoms with Crippen molar-refractivity contribution in [3.8, 4) is 11.5 Å². The molecule has 2 aromatic rings. The molecule has 0 aliphatic heterocycles. The standard InChI is InChI=1S/C24H30N2O2.2ClH.Ti/c1-15-9-7-11-19(23(15)27)17(3)25-21-13-5-6-14-22(21)26-18(4)20-12-8-10-16(2)24(20)28;;;/h7-12,21-22,27-28H,5-6,13-14H2,1-4H3;2*1H;/q;;;+2/p-2. The zero-order valence-corrected chi connectivity index (χ0v) is 21.6. The third kappa shape index (κ3) is 7.08. The molecule has 3 rings (SSSR count). The fourth-order valence-electron chi connectivity index (χ4n) is 3.93. The molecule has 7 heteroatoms. The van der Waals surface area contributed by atoms with E-state index >= 15 is 0 Å². The van der Waals surface area contributed by atoms with Crippen molar-refractivity contribution in [2.75, 3.05) is 0 Å². The number of phenolic OH excluding ortho intramolecular Hbond substituents is 2. The molecule has 31 heavy (non-hydrogen) atoms. The Labute approximate surface area is 202 Å². The van der Waals surface area contributed by atoms with Crippen LogP contribution in [0, 0.1) is 13.8 Å². The molecule has 1 fully saturated rings. The molecule has 0 amide bonds. The first-order chi connectivity index (χ1) is 14.8. The SMILES string of the molecule is CC(=NC1CCCCC1N=C(C)c1cccc(C)c1O)c1cccc(C)c1O.[Cl][Ti][Cl]. The van der Waals surface area contributed by atoms with Crippen molar-refractivity contribution in [3.05, 3.63) is 58.7 Å². The minimum atomic E-state index is -0.556. The third-order valence-electron chi connectivity index (χ3n) is 5.67. The molecule has 0 saturated heterocycles. The quantitative estimate of drug-likeness (QED) is 0.364. The molecular formula is C24H30Cl2N2O2Ti. The summed E-state index contributed by atoms with van der Waals surface area (Å²) in [7, 11) is 9.78. The van der Waals surface area contributed by atoms with E-state index in [-0.39, 0.29) is 12.1 Å². The summed E-state index contributed by atoms with van der Waals surface area (Å²) in [4.78, 5) is 9.93. The van der Waals surface area contributed by atoms with E-state index in [2.05, 4.69) is 0 Å². The van der Waals surface area contributed by atoms with Crippen LogP contribution in [0.25, 0.3) is 0 Å². The topological polar surface area (TPSA) is 65.2 Å². The Morgan fingerprint density at radius 1 is 0.806 bits per heavy atom. The van der Waals surface area contributed by atoms with Gasteiger partial charge < -0.3 is 10.2 Å². The van der Waals surface area contributed by atoms with Gasteiger partial charge in [0, 0.05) is 22.6 Å². The molecular weight excluding hydrogens is 467 g/mol. The van der Waals surface area contributed by atoms with Crippen molar-refractivity contribution in [3.63, 3.8) is 0 Å². The number of hydrogen-bond donors (Lipinski definition) is 2. The number of nitrogens with zero attached hydrogens (tertiary/aromatic N) is 2. The molecule has 0 spiro atoms. The van der Waals surface area contributed by atoms with E-state index in [4.69, 9.17) is 28.6 Å². The van der Waals surface area contributed by atoms with Gasteiger partial charge in [0.25, 0.3) is 0 Å². The van der Waals surface area contributed by atoms with Gasteiger partial charge in [-0.25, -0.2) is 0 Å². The van der Waals surface area contributed by atoms with Crippen molar-refractivity contribution in [2.24, 2.45) is 9.98 Å². The molecule has 166 valence electrons. The van der Waals surface area contributed by atoms with Crippen LogP contribution in [0.1, 0.15) is 61.8 Å². The van der Waals surface area contributed by atoms with Crippen LogP contribution in [0.4, 0.5) is 0 Å². The van der Waals surface area contributed by atoms with Crippen LogP contribution >= 0.6 is 18.6 Å². The number of para-hydroxylation sites is 2. The number of aromatic hydroxyl groups is 2. The number of aliphatic imine (C=N–C) groups is 2. The van der Waals surface area contributed by atoms with E-state index < -0.39 is 17.0 Å². The zero-order chi connectivity index (χ0) is 23.0. The maximum absolute atomic E-state index is 10.4. The molecule has 1 saturated carbocycles. The molecule has 2 unspecified atom stereocenters. The predicted molar refractivity (Wildman–Crippen MR) is 128 cm³/mol. The molecule has 4 nitrogen and oxygen atoms in total. The Hall–Kier alpha value is -1.33. The third-order valence-corrected chi connectivity index (χ3v) is 5.67. The number of benzene rings is 2. The zero-order valence-electron chi connectivity index (χ0n) is 18.5. The first-order valence-electron chi connectivity index (χ1n) is 10.4. The van der Waals surface area contributed by atoms with Crippen LogP contribution in [0.2, 0.25) is 0 Å². The fraction of sp³-hybridized carbons (Fsp3) is 0.417. The van der Waals surface area contributed by atoms with Gasteiger partial charge in [0.05, 0.1) is 12.1 Å². The average molecular weight is 497 g/mol. The van der Waals surface area contributed by atoms with E-state index in [1.807, 2.05) is 64.1 Å². The molecule has 0 heterocycles. The number of hydrogen-bond acceptors (Lipinski definition) is 4. The maximum atomic E-state index is 10.4. The van der Waals surface area contributed by atoms with Gasteiger partial charge in [0.1, 0.15) is 11.5 Å². The van der Waals surface area contributed by atoms with Crippen LogP contribution in [0.3, 0.4) is 0 Å². The van der Waals surface area contributed by atoms with E-state index in [0.29, 0.717) is 11.5 Å². The van der Waals surface area contributed by atoms with Gasteiger partial charge >= 0.3 is 35.6 Å². The summed E-state index contributed by atoms with van der Waals surface area (Å²) < 4.78 is 0. The van der Waals surface area contributed by atoms with Crippen LogP contribution in [0.5, 0.6) is 11.5 Å². The Balaban J connectivity index is 0.00000107. The van der Waals surface area contributed by atoms with Gasteiger partial charge in [-0.05, 0) is 63.8 Å². The van der Waals surface area contributed by atoms with Gasteiger partial charge in [-0.15, -0.1) is 0 Å².